The number of nitro groups is 1. The third kappa shape index (κ3) is 3.32. The van der Waals surface area contributed by atoms with Crippen molar-refractivity contribution < 1.29 is 14.1 Å². The summed E-state index contributed by atoms with van der Waals surface area (Å²) in [6.45, 7) is 0. The van der Waals surface area contributed by atoms with E-state index in [-0.39, 0.29) is 17.1 Å². The molecule has 1 atom stereocenters. The molecule has 0 N–H and O–H groups in total. The first-order chi connectivity index (χ1) is 18.5. The molecule has 11 heteroatoms. The van der Waals surface area contributed by atoms with E-state index in [9.17, 15) is 14.9 Å². The van der Waals surface area contributed by atoms with Gasteiger partial charge in [0.1, 0.15) is 11.9 Å². The fourth-order valence-electron chi connectivity index (χ4n) is 4.81. The quantitative estimate of drug-likeness (QED) is 0.148. The minimum Gasteiger partial charge on any atom is -0.437 e. The Morgan fingerprint density at radius 2 is 1.74 bits per heavy atom. The molecule has 0 radical (unpaired) electrons. The number of hydrogen-bond acceptors (Lipinski definition) is 8. The Kier molecular flexibility index (Phi) is 4.88. The van der Waals surface area contributed by atoms with Crippen molar-refractivity contribution in [3.8, 4) is 23.0 Å². The van der Waals surface area contributed by atoms with Gasteiger partial charge in [0.2, 0.25) is 5.88 Å². The van der Waals surface area contributed by atoms with Crippen LogP contribution >= 0.6 is 15.9 Å². The van der Waals surface area contributed by atoms with Gasteiger partial charge in [0, 0.05) is 22.2 Å². The van der Waals surface area contributed by atoms with Crippen molar-refractivity contribution in [3.63, 3.8) is 0 Å². The summed E-state index contributed by atoms with van der Waals surface area (Å²) in [4.78, 5) is 33.6. The van der Waals surface area contributed by atoms with Crippen LogP contribution in [0.25, 0.3) is 28.0 Å². The lowest BCUT2D eigenvalue weighted by Gasteiger charge is -2.27. The molecule has 0 aliphatic carbocycles. The van der Waals surface area contributed by atoms with Crippen LogP contribution in [0.15, 0.2) is 92.8 Å². The van der Waals surface area contributed by atoms with Gasteiger partial charge in [0.15, 0.2) is 17.2 Å². The molecule has 0 fully saturated rings. The largest absolute Gasteiger partial charge is 0.437 e. The van der Waals surface area contributed by atoms with Crippen LogP contribution in [-0.2, 0) is 0 Å². The second-order valence-electron chi connectivity index (χ2n) is 8.66. The maximum atomic E-state index is 13.4. The Bertz CT molecular complexity index is 1980. The minimum atomic E-state index is -0.733. The normalized spacial score (nSPS) is 14.2. The van der Waals surface area contributed by atoms with E-state index in [0.717, 1.165) is 10.0 Å². The van der Waals surface area contributed by atoms with Crippen LogP contribution in [0.4, 0.5) is 5.69 Å². The van der Waals surface area contributed by atoms with Gasteiger partial charge in [0.25, 0.3) is 5.69 Å². The predicted molar refractivity (Wildman–Crippen MR) is 141 cm³/mol. The van der Waals surface area contributed by atoms with Gasteiger partial charge in [-0.05, 0) is 29.8 Å². The summed E-state index contributed by atoms with van der Waals surface area (Å²) >= 11 is 3.55. The molecule has 10 nitrogen and oxygen atoms in total. The molecule has 184 valence electrons. The highest BCUT2D eigenvalue weighted by Crippen LogP contribution is 2.49. The third-order valence-corrected chi connectivity index (χ3v) is 7.21. The van der Waals surface area contributed by atoms with E-state index >= 15 is 0 Å². The number of rotatable bonds is 3. The van der Waals surface area contributed by atoms with Gasteiger partial charge in [-0.15, -0.1) is 5.10 Å². The zero-order valence-corrected chi connectivity index (χ0v) is 20.8. The molecule has 1 aliphatic rings. The Morgan fingerprint density at radius 1 is 0.974 bits per heavy atom. The van der Waals surface area contributed by atoms with Gasteiger partial charge in [-0.1, -0.05) is 52.3 Å². The van der Waals surface area contributed by atoms with E-state index in [1.807, 2.05) is 30.3 Å². The van der Waals surface area contributed by atoms with Crippen molar-refractivity contribution >= 4 is 38.2 Å². The summed E-state index contributed by atoms with van der Waals surface area (Å²) < 4.78 is 14.3. The van der Waals surface area contributed by atoms with Gasteiger partial charge in [0.05, 0.1) is 27.4 Å². The molecule has 1 unspecified atom stereocenters. The number of ether oxygens (including phenoxy) is 1. The Balaban J connectivity index is 1.54. The highest BCUT2D eigenvalue weighted by Gasteiger charge is 2.37. The maximum absolute atomic E-state index is 13.4. The van der Waals surface area contributed by atoms with E-state index in [4.69, 9.17) is 14.1 Å². The van der Waals surface area contributed by atoms with E-state index in [0.29, 0.717) is 39.3 Å². The fraction of sp³-hybridized carbons (Fsp3) is 0.0370. The SMILES string of the molecule is O=c1oc2ccccc2c2c1C(c1ccc([N+](=O)[O-])cc1)c1c(ncn3nc(-c4ccccc4Br)nc13)O2. The minimum absolute atomic E-state index is 0.0678. The van der Waals surface area contributed by atoms with Crippen LogP contribution in [0.1, 0.15) is 22.6 Å². The van der Waals surface area contributed by atoms with Crippen LogP contribution in [0.3, 0.4) is 0 Å². The molecule has 38 heavy (non-hydrogen) atoms. The van der Waals surface area contributed by atoms with Gasteiger partial charge in [-0.2, -0.15) is 0 Å². The van der Waals surface area contributed by atoms with E-state index in [1.165, 1.54) is 23.0 Å². The van der Waals surface area contributed by atoms with Crippen molar-refractivity contribution in [2.24, 2.45) is 0 Å². The number of nitrogens with zero attached hydrogens (tertiary/aromatic N) is 5. The number of fused-ring (bicyclic) bond motifs is 6. The number of aromatic nitrogens is 4. The summed E-state index contributed by atoms with van der Waals surface area (Å²) in [5, 5.41) is 16.5. The first-order valence-electron chi connectivity index (χ1n) is 11.5. The first-order valence-corrected chi connectivity index (χ1v) is 12.3. The van der Waals surface area contributed by atoms with Crippen LogP contribution in [0, 0.1) is 10.1 Å². The van der Waals surface area contributed by atoms with Crippen LogP contribution in [-0.4, -0.2) is 24.5 Å². The van der Waals surface area contributed by atoms with Crippen molar-refractivity contribution in [3.05, 3.63) is 121 Å². The van der Waals surface area contributed by atoms with Crippen molar-refractivity contribution in [1.29, 1.82) is 0 Å². The monoisotopic (exact) mass is 567 g/mol. The molecule has 6 aromatic rings. The second-order valence-corrected chi connectivity index (χ2v) is 9.51. The lowest BCUT2D eigenvalue weighted by Crippen LogP contribution is -2.22. The van der Waals surface area contributed by atoms with E-state index in [1.54, 1.807) is 30.3 Å². The fourth-order valence-corrected chi connectivity index (χ4v) is 5.27. The number of non-ortho nitro benzene ring substituents is 1. The molecule has 0 saturated carbocycles. The standard InChI is InChI=1S/C27H14BrN5O5/c28-18-7-3-1-5-16(18)24-30-25-22-20(14-9-11-15(12-10-14)33(35)36)21-23(38-26(22)29-13-32(25)31-24)17-6-2-4-8-19(17)37-27(21)34/h1-13,20H. The summed E-state index contributed by atoms with van der Waals surface area (Å²) in [5.41, 5.74) is 2.31. The molecule has 0 spiro atoms. The summed E-state index contributed by atoms with van der Waals surface area (Å²) in [6, 6.07) is 20.7. The molecule has 7 rings (SSSR count). The van der Waals surface area contributed by atoms with Gasteiger partial charge in [-0.3, -0.25) is 10.1 Å². The molecule has 0 bridgehead atoms. The highest BCUT2D eigenvalue weighted by atomic mass is 79.9. The number of halogens is 1. The predicted octanol–water partition coefficient (Wildman–Crippen LogP) is 5.85. The second kappa shape index (κ2) is 8.32. The molecule has 3 aromatic heterocycles. The average Bonchev–Trinajstić information content (AvgIpc) is 3.37. The number of nitro benzene ring substituents is 1. The van der Waals surface area contributed by atoms with E-state index in [2.05, 4.69) is 26.0 Å². The number of hydrogen-bond donors (Lipinski definition) is 0. The van der Waals surface area contributed by atoms with Crippen molar-refractivity contribution in [2.75, 3.05) is 0 Å². The summed E-state index contributed by atoms with van der Waals surface area (Å²) in [5.74, 6) is 0.305. The lowest BCUT2D eigenvalue weighted by molar-refractivity contribution is -0.384. The first kappa shape index (κ1) is 22.3. The van der Waals surface area contributed by atoms with Crippen LogP contribution < -0.4 is 10.4 Å². The maximum Gasteiger partial charge on any atom is 0.344 e. The molecule has 1 aliphatic heterocycles. The number of para-hydroxylation sites is 1. The van der Waals surface area contributed by atoms with Gasteiger partial charge < -0.3 is 9.15 Å². The zero-order chi connectivity index (χ0) is 26.0. The smallest absolute Gasteiger partial charge is 0.344 e. The molecular weight excluding hydrogens is 554 g/mol. The van der Waals surface area contributed by atoms with Gasteiger partial charge in [-0.25, -0.2) is 19.3 Å². The lowest BCUT2D eigenvalue weighted by atomic mass is 9.84. The third-order valence-electron chi connectivity index (χ3n) is 6.51. The Morgan fingerprint density at radius 3 is 2.53 bits per heavy atom. The Hall–Kier alpha value is -4.90. The molecule has 0 amide bonds. The molecular formula is C27H14BrN5O5. The highest BCUT2D eigenvalue weighted by molar-refractivity contribution is 9.10. The van der Waals surface area contributed by atoms with Crippen LogP contribution in [0.5, 0.6) is 11.6 Å². The van der Waals surface area contributed by atoms with Crippen molar-refractivity contribution in [2.45, 2.75) is 5.92 Å². The molecule has 3 aromatic carbocycles. The topological polar surface area (TPSA) is 126 Å². The summed E-state index contributed by atoms with van der Waals surface area (Å²) in [6.07, 6.45) is 1.51. The summed E-state index contributed by atoms with van der Waals surface area (Å²) in [7, 11) is 0. The molecule has 0 saturated heterocycles. The zero-order valence-electron chi connectivity index (χ0n) is 19.2. The van der Waals surface area contributed by atoms with Crippen molar-refractivity contribution in [1.82, 2.24) is 19.6 Å². The Labute approximate surface area is 221 Å². The van der Waals surface area contributed by atoms with Crippen LogP contribution in [0.2, 0.25) is 0 Å². The average molecular weight is 568 g/mol. The number of benzene rings is 3. The van der Waals surface area contributed by atoms with E-state index < -0.39 is 16.5 Å². The van der Waals surface area contributed by atoms with Gasteiger partial charge >= 0.3 is 5.63 Å². The molecule has 4 heterocycles.